The van der Waals surface area contributed by atoms with Crippen LogP contribution < -0.4 is 10.2 Å². The molecule has 18 heavy (non-hydrogen) atoms. The summed E-state index contributed by atoms with van der Waals surface area (Å²) in [7, 11) is 2.14. The van der Waals surface area contributed by atoms with Crippen LogP contribution >= 0.6 is 11.3 Å². The summed E-state index contributed by atoms with van der Waals surface area (Å²) >= 11 is 1.83. The van der Waals surface area contributed by atoms with E-state index < -0.39 is 0 Å². The lowest BCUT2D eigenvalue weighted by atomic mass is 10.2. The third-order valence-corrected chi connectivity index (χ3v) is 4.51. The van der Waals surface area contributed by atoms with Crippen molar-refractivity contribution >= 4 is 16.5 Å². The van der Waals surface area contributed by atoms with Crippen molar-refractivity contribution in [1.82, 2.24) is 10.3 Å². The average Bonchev–Trinajstić information content (AvgIpc) is 2.77. The van der Waals surface area contributed by atoms with Gasteiger partial charge in [-0.25, -0.2) is 4.98 Å². The number of thiazole rings is 1. The lowest BCUT2D eigenvalue weighted by Gasteiger charge is -2.22. The smallest absolute Gasteiger partial charge is 0.185 e. The molecule has 3 nitrogen and oxygen atoms in total. The van der Waals surface area contributed by atoms with Crippen molar-refractivity contribution in [1.29, 1.82) is 0 Å². The van der Waals surface area contributed by atoms with Crippen molar-refractivity contribution < 1.29 is 0 Å². The predicted octanol–water partition coefficient (Wildman–Crippen LogP) is 3.44. The lowest BCUT2D eigenvalue weighted by Crippen LogP contribution is -2.27. The highest BCUT2D eigenvalue weighted by Crippen LogP contribution is 2.27. The van der Waals surface area contributed by atoms with E-state index in [-0.39, 0.29) is 0 Å². The van der Waals surface area contributed by atoms with Gasteiger partial charge in [-0.2, -0.15) is 0 Å². The van der Waals surface area contributed by atoms with Crippen molar-refractivity contribution in [3.8, 4) is 0 Å². The van der Waals surface area contributed by atoms with Gasteiger partial charge in [0.15, 0.2) is 5.13 Å². The van der Waals surface area contributed by atoms with Crippen LogP contribution in [0.1, 0.15) is 51.6 Å². The number of rotatable bonds is 7. The minimum absolute atomic E-state index is 0.521. The summed E-state index contributed by atoms with van der Waals surface area (Å²) in [6, 6.07) is 1.07. The molecule has 104 valence electrons. The monoisotopic (exact) mass is 269 g/mol. The van der Waals surface area contributed by atoms with Gasteiger partial charge in [0, 0.05) is 30.6 Å². The van der Waals surface area contributed by atoms with Crippen LogP contribution in [0, 0.1) is 0 Å². The minimum Gasteiger partial charge on any atom is -0.348 e. The Hall–Kier alpha value is -0.610. The van der Waals surface area contributed by atoms with E-state index >= 15 is 0 Å². The molecule has 1 rings (SSSR count). The first-order valence-corrected chi connectivity index (χ1v) is 7.75. The molecule has 0 aliphatic carbocycles. The maximum Gasteiger partial charge on any atom is 0.185 e. The molecular formula is C14H27N3S. The molecule has 0 radical (unpaired) electrons. The first kappa shape index (κ1) is 15.4. The van der Waals surface area contributed by atoms with E-state index in [2.05, 4.69) is 51.9 Å². The van der Waals surface area contributed by atoms with Crippen molar-refractivity contribution in [2.24, 2.45) is 0 Å². The zero-order valence-electron chi connectivity index (χ0n) is 12.6. The number of aryl methyl sites for hydroxylation is 1. The zero-order chi connectivity index (χ0) is 13.7. The molecule has 1 aromatic rings. The number of hydrogen-bond acceptors (Lipinski definition) is 4. The maximum atomic E-state index is 4.78. The van der Waals surface area contributed by atoms with E-state index in [1.165, 1.54) is 10.6 Å². The Labute approximate surface area is 116 Å². The van der Waals surface area contributed by atoms with Gasteiger partial charge in [-0.05, 0) is 19.8 Å². The Morgan fingerprint density at radius 2 is 1.94 bits per heavy atom. The molecule has 1 aromatic heterocycles. The third kappa shape index (κ3) is 3.95. The SMILES string of the molecule is CCc1nc(N(C)C(C)CC)sc1CNC(C)C. The summed E-state index contributed by atoms with van der Waals surface area (Å²) in [6.45, 7) is 11.9. The highest BCUT2D eigenvalue weighted by Gasteiger charge is 2.15. The van der Waals surface area contributed by atoms with E-state index in [1.807, 2.05) is 11.3 Å². The standard InChI is InChI=1S/C14H27N3S/c1-7-11(5)17(6)14-16-12(8-2)13(18-14)9-15-10(3)4/h10-11,15H,7-9H2,1-6H3. The Bertz CT molecular complexity index is 360. The second kappa shape index (κ2) is 7.10. The average molecular weight is 269 g/mol. The Morgan fingerprint density at radius 3 is 2.44 bits per heavy atom. The van der Waals surface area contributed by atoms with Crippen LogP contribution in [0.25, 0.3) is 0 Å². The van der Waals surface area contributed by atoms with Crippen molar-refractivity contribution in [3.63, 3.8) is 0 Å². The zero-order valence-corrected chi connectivity index (χ0v) is 13.4. The van der Waals surface area contributed by atoms with Crippen LogP contribution in [0.3, 0.4) is 0 Å². The summed E-state index contributed by atoms with van der Waals surface area (Å²) in [5.41, 5.74) is 1.25. The van der Waals surface area contributed by atoms with E-state index in [9.17, 15) is 0 Å². The topological polar surface area (TPSA) is 28.2 Å². The lowest BCUT2D eigenvalue weighted by molar-refractivity contribution is 0.590. The second-order valence-corrected chi connectivity index (χ2v) is 6.19. The van der Waals surface area contributed by atoms with Crippen molar-refractivity contribution in [2.45, 2.75) is 66.1 Å². The van der Waals surface area contributed by atoms with Crippen LogP contribution in [0.15, 0.2) is 0 Å². The number of nitrogens with one attached hydrogen (secondary N) is 1. The quantitative estimate of drug-likeness (QED) is 0.822. The minimum atomic E-state index is 0.521. The first-order chi connectivity index (χ1) is 8.49. The highest BCUT2D eigenvalue weighted by molar-refractivity contribution is 7.15. The molecule has 0 saturated heterocycles. The van der Waals surface area contributed by atoms with Gasteiger partial charge in [0.05, 0.1) is 5.69 Å². The summed E-state index contributed by atoms with van der Waals surface area (Å²) in [6.07, 6.45) is 2.16. The molecule has 1 heterocycles. The van der Waals surface area contributed by atoms with Crippen LogP contribution in [-0.2, 0) is 13.0 Å². The number of anilines is 1. The van der Waals surface area contributed by atoms with Gasteiger partial charge in [-0.3, -0.25) is 0 Å². The molecule has 1 unspecified atom stereocenters. The number of hydrogen-bond donors (Lipinski definition) is 1. The number of aromatic nitrogens is 1. The molecule has 0 aromatic carbocycles. The van der Waals surface area contributed by atoms with Gasteiger partial charge in [0.1, 0.15) is 0 Å². The molecule has 1 N–H and O–H groups in total. The van der Waals surface area contributed by atoms with Gasteiger partial charge >= 0.3 is 0 Å². The molecular weight excluding hydrogens is 242 g/mol. The molecule has 4 heteroatoms. The maximum absolute atomic E-state index is 4.78. The van der Waals surface area contributed by atoms with Crippen molar-refractivity contribution in [3.05, 3.63) is 10.6 Å². The van der Waals surface area contributed by atoms with Gasteiger partial charge in [-0.1, -0.05) is 27.7 Å². The summed E-state index contributed by atoms with van der Waals surface area (Å²) in [4.78, 5) is 8.46. The third-order valence-electron chi connectivity index (χ3n) is 3.33. The fourth-order valence-corrected chi connectivity index (χ4v) is 2.86. The Balaban J connectivity index is 2.82. The van der Waals surface area contributed by atoms with Crippen LogP contribution in [0.5, 0.6) is 0 Å². The van der Waals surface area contributed by atoms with Gasteiger partial charge in [-0.15, -0.1) is 11.3 Å². The summed E-state index contributed by atoms with van der Waals surface area (Å²) in [5, 5.41) is 4.64. The Kier molecular flexibility index (Phi) is 6.09. The van der Waals surface area contributed by atoms with E-state index in [1.54, 1.807) is 0 Å². The Morgan fingerprint density at radius 1 is 1.28 bits per heavy atom. The fourth-order valence-electron chi connectivity index (χ4n) is 1.69. The molecule has 0 aliphatic heterocycles. The normalized spacial score (nSPS) is 13.1. The molecule has 0 spiro atoms. The molecule has 0 fully saturated rings. The van der Waals surface area contributed by atoms with Crippen LogP contribution in [0.2, 0.25) is 0 Å². The van der Waals surface area contributed by atoms with Crippen molar-refractivity contribution in [2.75, 3.05) is 11.9 Å². The van der Waals surface area contributed by atoms with Crippen LogP contribution in [0.4, 0.5) is 5.13 Å². The molecule has 0 saturated carbocycles. The fraction of sp³-hybridized carbons (Fsp3) is 0.786. The van der Waals surface area contributed by atoms with E-state index in [4.69, 9.17) is 4.98 Å². The van der Waals surface area contributed by atoms with Gasteiger partial charge in [0.2, 0.25) is 0 Å². The van der Waals surface area contributed by atoms with Gasteiger partial charge < -0.3 is 10.2 Å². The van der Waals surface area contributed by atoms with E-state index in [0.717, 1.165) is 24.5 Å². The molecule has 0 aliphatic rings. The molecule has 0 amide bonds. The highest BCUT2D eigenvalue weighted by atomic mass is 32.1. The summed E-state index contributed by atoms with van der Waals surface area (Å²) < 4.78 is 0. The molecule has 0 bridgehead atoms. The van der Waals surface area contributed by atoms with Gasteiger partial charge in [0.25, 0.3) is 0 Å². The number of nitrogens with zero attached hydrogens (tertiary/aromatic N) is 2. The second-order valence-electron chi connectivity index (χ2n) is 5.12. The largest absolute Gasteiger partial charge is 0.348 e. The first-order valence-electron chi connectivity index (χ1n) is 6.94. The molecule has 1 atom stereocenters. The summed E-state index contributed by atoms with van der Waals surface area (Å²) in [5.74, 6) is 0. The van der Waals surface area contributed by atoms with E-state index in [0.29, 0.717) is 12.1 Å². The van der Waals surface area contributed by atoms with Crippen LogP contribution in [-0.4, -0.2) is 24.1 Å². The predicted molar refractivity (Wildman–Crippen MR) is 81.6 cm³/mol.